The van der Waals surface area contributed by atoms with Crippen LogP contribution in [0.25, 0.3) is 0 Å². The fraction of sp³-hybridized carbons (Fsp3) is 0.278. The van der Waals surface area contributed by atoms with Gasteiger partial charge in [-0.1, -0.05) is 35.9 Å². The average molecular weight is 334 g/mol. The summed E-state index contributed by atoms with van der Waals surface area (Å²) in [5, 5.41) is 3.63. The molecule has 0 saturated heterocycles. The van der Waals surface area contributed by atoms with E-state index >= 15 is 0 Å². The van der Waals surface area contributed by atoms with Gasteiger partial charge in [0.15, 0.2) is 0 Å². The highest BCUT2D eigenvalue weighted by molar-refractivity contribution is 7.99. The van der Waals surface area contributed by atoms with Crippen LogP contribution in [0.3, 0.4) is 0 Å². The van der Waals surface area contributed by atoms with E-state index in [1.54, 1.807) is 11.8 Å². The van der Waals surface area contributed by atoms with Gasteiger partial charge in [0.25, 0.3) is 0 Å². The smallest absolute Gasteiger partial charge is 0.237 e. The highest BCUT2D eigenvalue weighted by Gasteiger charge is 2.14. The van der Waals surface area contributed by atoms with Crippen LogP contribution in [0, 0.1) is 13.8 Å². The largest absolute Gasteiger partial charge is 0.325 e. The predicted molar refractivity (Wildman–Crippen MR) is 96.8 cm³/mol. The van der Waals surface area contributed by atoms with Gasteiger partial charge in [0.05, 0.1) is 5.25 Å². The number of hydrogen-bond donors (Lipinski definition) is 1. The summed E-state index contributed by atoms with van der Waals surface area (Å²) in [6.45, 7) is 5.95. The van der Waals surface area contributed by atoms with Crippen molar-refractivity contribution in [3.8, 4) is 0 Å². The minimum atomic E-state index is -0.115. The summed E-state index contributed by atoms with van der Waals surface area (Å²) in [5.74, 6) is 0.825. The molecule has 116 valence electrons. The number of aryl methyl sites for hydroxylation is 2. The topological polar surface area (TPSA) is 29.1 Å². The molecule has 1 atom stereocenters. The first-order valence-corrected chi connectivity index (χ1v) is 8.62. The molecule has 1 N–H and O–H groups in total. The van der Waals surface area contributed by atoms with Crippen molar-refractivity contribution in [3.05, 3.63) is 64.2 Å². The lowest BCUT2D eigenvalue weighted by Crippen LogP contribution is -2.23. The zero-order chi connectivity index (χ0) is 16.1. The molecule has 2 aromatic carbocycles. The Morgan fingerprint density at radius 1 is 1.18 bits per heavy atom. The molecule has 0 bridgehead atoms. The fourth-order valence-electron chi connectivity index (χ4n) is 1.98. The Morgan fingerprint density at radius 3 is 2.55 bits per heavy atom. The van der Waals surface area contributed by atoms with Crippen LogP contribution in [0.4, 0.5) is 5.69 Å². The second-order valence-electron chi connectivity index (χ2n) is 5.39. The lowest BCUT2D eigenvalue weighted by molar-refractivity contribution is -0.115. The number of amides is 1. The Morgan fingerprint density at radius 2 is 1.86 bits per heavy atom. The fourth-order valence-corrected chi connectivity index (χ4v) is 2.95. The molecule has 0 aliphatic heterocycles. The van der Waals surface area contributed by atoms with Gasteiger partial charge in [-0.15, -0.1) is 11.8 Å². The molecule has 0 unspecified atom stereocenters. The second kappa shape index (κ2) is 7.70. The monoisotopic (exact) mass is 333 g/mol. The van der Waals surface area contributed by atoms with E-state index in [1.165, 1.54) is 5.56 Å². The van der Waals surface area contributed by atoms with Crippen molar-refractivity contribution in [2.45, 2.75) is 31.8 Å². The van der Waals surface area contributed by atoms with E-state index in [9.17, 15) is 4.79 Å². The standard InChI is InChI=1S/C18H20ClNOS/c1-12-4-5-13(2)17(10-12)20-18(21)14(3)22-11-15-6-8-16(19)9-7-15/h4-10,14H,11H2,1-3H3,(H,20,21)/t14-/m0/s1. The number of anilines is 1. The molecule has 4 heteroatoms. The van der Waals surface area contributed by atoms with Crippen LogP contribution in [-0.2, 0) is 10.5 Å². The minimum absolute atomic E-state index is 0.0349. The summed E-state index contributed by atoms with van der Waals surface area (Å²) in [5.41, 5.74) is 4.28. The van der Waals surface area contributed by atoms with Crippen LogP contribution in [0.1, 0.15) is 23.6 Å². The van der Waals surface area contributed by atoms with Gasteiger partial charge in [0.2, 0.25) is 5.91 Å². The van der Waals surface area contributed by atoms with Crippen molar-refractivity contribution in [3.63, 3.8) is 0 Å². The second-order valence-corrected chi connectivity index (χ2v) is 7.15. The molecule has 2 rings (SSSR count). The summed E-state index contributed by atoms with van der Waals surface area (Å²) in [6, 6.07) is 13.8. The maximum atomic E-state index is 12.3. The van der Waals surface area contributed by atoms with Crippen LogP contribution < -0.4 is 5.32 Å². The van der Waals surface area contributed by atoms with Crippen LogP contribution in [-0.4, -0.2) is 11.2 Å². The maximum absolute atomic E-state index is 12.3. The molecule has 0 aromatic heterocycles. The zero-order valence-electron chi connectivity index (χ0n) is 13.0. The minimum Gasteiger partial charge on any atom is -0.325 e. The summed E-state index contributed by atoms with van der Waals surface area (Å²) in [7, 11) is 0. The molecule has 1 amide bonds. The Bertz CT molecular complexity index is 655. The van der Waals surface area contributed by atoms with Crippen molar-refractivity contribution in [1.82, 2.24) is 0 Å². The lowest BCUT2D eigenvalue weighted by Gasteiger charge is -2.14. The maximum Gasteiger partial charge on any atom is 0.237 e. The normalized spacial score (nSPS) is 12.0. The van der Waals surface area contributed by atoms with Gasteiger partial charge in [-0.25, -0.2) is 0 Å². The number of halogens is 1. The Balaban J connectivity index is 1.91. The first kappa shape index (κ1) is 16.9. The third kappa shape index (κ3) is 4.79. The van der Waals surface area contributed by atoms with E-state index in [1.807, 2.05) is 63.2 Å². The number of nitrogens with one attached hydrogen (secondary N) is 1. The zero-order valence-corrected chi connectivity index (χ0v) is 14.6. The average Bonchev–Trinajstić information content (AvgIpc) is 2.50. The van der Waals surface area contributed by atoms with Gasteiger partial charge < -0.3 is 5.32 Å². The summed E-state index contributed by atoms with van der Waals surface area (Å²) >= 11 is 7.49. The molecule has 0 aliphatic carbocycles. The first-order chi connectivity index (χ1) is 10.5. The number of benzene rings is 2. The van der Waals surface area contributed by atoms with Crippen LogP contribution in [0.5, 0.6) is 0 Å². The molecule has 0 spiro atoms. The Hall–Kier alpha value is -1.45. The van der Waals surface area contributed by atoms with Gasteiger partial charge in [-0.05, 0) is 55.7 Å². The molecule has 22 heavy (non-hydrogen) atoms. The van der Waals surface area contributed by atoms with Crippen molar-refractivity contribution >= 4 is 35.0 Å². The number of hydrogen-bond acceptors (Lipinski definition) is 2. The van der Waals surface area contributed by atoms with Crippen molar-refractivity contribution in [2.24, 2.45) is 0 Å². The molecule has 0 radical (unpaired) electrons. The van der Waals surface area contributed by atoms with E-state index in [0.717, 1.165) is 27.6 Å². The molecule has 0 heterocycles. The van der Waals surface area contributed by atoms with Crippen molar-refractivity contribution in [1.29, 1.82) is 0 Å². The molecule has 2 nitrogen and oxygen atoms in total. The first-order valence-electron chi connectivity index (χ1n) is 7.20. The van der Waals surface area contributed by atoms with Gasteiger partial charge in [0, 0.05) is 16.5 Å². The van der Waals surface area contributed by atoms with Crippen LogP contribution >= 0.6 is 23.4 Å². The van der Waals surface area contributed by atoms with E-state index in [4.69, 9.17) is 11.6 Å². The third-order valence-electron chi connectivity index (χ3n) is 3.43. The van der Waals surface area contributed by atoms with E-state index in [-0.39, 0.29) is 11.2 Å². The van der Waals surface area contributed by atoms with E-state index in [2.05, 4.69) is 5.32 Å². The van der Waals surface area contributed by atoms with Gasteiger partial charge in [-0.3, -0.25) is 4.79 Å². The van der Waals surface area contributed by atoms with Crippen molar-refractivity contribution < 1.29 is 4.79 Å². The quantitative estimate of drug-likeness (QED) is 0.813. The molecular formula is C18H20ClNOS. The molecule has 2 aromatic rings. The van der Waals surface area contributed by atoms with E-state index in [0.29, 0.717) is 0 Å². The van der Waals surface area contributed by atoms with Crippen LogP contribution in [0.2, 0.25) is 5.02 Å². The Labute approximate surface area is 141 Å². The van der Waals surface area contributed by atoms with Gasteiger partial charge in [-0.2, -0.15) is 0 Å². The molecule has 0 aliphatic rings. The highest BCUT2D eigenvalue weighted by atomic mass is 35.5. The number of thioether (sulfide) groups is 1. The molecule has 0 fully saturated rings. The number of rotatable bonds is 5. The van der Waals surface area contributed by atoms with Crippen molar-refractivity contribution in [2.75, 3.05) is 5.32 Å². The Kier molecular flexibility index (Phi) is 5.92. The molecular weight excluding hydrogens is 314 g/mol. The van der Waals surface area contributed by atoms with Gasteiger partial charge in [0.1, 0.15) is 0 Å². The number of carbonyl (C=O) groups excluding carboxylic acids is 1. The van der Waals surface area contributed by atoms with Crippen LogP contribution in [0.15, 0.2) is 42.5 Å². The lowest BCUT2D eigenvalue weighted by atomic mass is 10.1. The number of carbonyl (C=O) groups is 1. The predicted octanol–water partition coefficient (Wildman–Crippen LogP) is 5.22. The third-order valence-corrected chi connectivity index (χ3v) is 4.90. The summed E-state index contributed by atoms with van der Waals surface area (Å²) in [6.07, 6.45) is 0. The molecule has 0 saturated carbocycles. The summed E-state index contributed by atoms with van der Waals surface area (Å²) < 4.78 is 0. The van der Waals surface area contributed by atoms with Gasteiger partial charge >= 0.3 is 0 Å². The highest BCUT2D eigenvalue weighted by Crippen LogP contribution is 2.22. The SMILES string of the molecule is Cc1ccc(C)c(NC(=O)[C@H](C)SCc2ccc(Cl)cc2)c1. The summed E-state index contributed by atoms with van der Waals surface area (Å²) in [4.78, 5) is 12.3. The van der Waals surface area contributed by atoms with E-state index < -0.39 is 0 Å².